The fraction of sp³-hybridized carbons (Fsp3) is 0.333. The lowest BCUT2D eigenvalue weighted by Crippen LogP contribution is -2.22. The third kappa shape index (κ3) is 6.07. The van der Waals surface area contributed by atoms with E-state index < -0.39 is 17.8 Å². The Bertz CT molecular complexity index is 1210. The quantitative estimate of drug-likeness (QED) is 0.347. The zero-order chi connectivity index (χ0) is 23.8. The second kappa shape index (κ2) is 11.4. The van der Waals surface area contributed by atoms with Gasteiger partial charge in [-0.3, -0.25) is 9.59 Å². The van der Waals surface area contributed by atoms with E-state index in [4.69, 9.17) is 14.2 Å². The van der Waals surface area contributed by atoms with Gasteiger partial charge in [-0.15, -0.1) is 0 Å². The number of rotatable bonds is 9. The number of esters is 2. The van der Waals surface area contributed by atoms with Gasteiger partial charge in [-0.25, -0.2) is 4.79 Å². The summed E-state index contributed by atoms with van der Waals surface area (Å²) in [5.74, 6) is -0.685. The molecule has 0 bridgehead atoms. The number of fused-ring (bicyclic) bond motifs is 1. The highest BCUT2D eigenvalue weighted by Crippen LogP contribution is 2.21. The maximum Gasteiger partial charge on any atom is 0.338 e. The molecule has 33 heavy (non-hydrogen) atoms. The summed E-state index contributed by atoms with van der Waals surface area (Å²) in [6, 6.07) is 11.8. The first-order chi connectivity index (χ1) is 16.0. The van der Waals surface area contributed by atoms with Crippen molar-refractivity contribution >= 4 is 39.4 Å². The Morgan fingerprint density at radius 3 is 2.42 bits per heavy atom. The fourth-order valence-corrected chi connectivity index (χ4v) is 4.09. The van der Waals surface area contributed by atoms with Crippen molar-refractivity contribution in [1.29, 1.82) is 0 Å². The number of carbonyl (C=O) groups is 3. The largest absolute Gasteiger partial charge is 0.494 e. The molecule has 174 valence electrons. The van der Waals surface area contributed by atoms with E-state index in [9.17, 15) is 14.4 Å². The first-order valence-corrected chi connectivity index (χ1v) is 11.5. The fourth-order valence-electron chi connectivity index (χ4n) is 3.03. The Hall–Kier alpha value is -3.46. The summed E-state index contributed by atoms with van der Waals surface area (Å²) in [5.41, 5.74) is 1.43. The van der Waals surface area contributed by atoms with Crippen LogP contribution < -0.4 is 9.54 Å². The van der Waals surface area contributed by atoms with Crippen LogP contribution in [0.3, 0.4) is 0 Å². The lowest BCUT2D eigenvalue weighted by Gasteiger charge is -2.06. The molecule has 0 N–H and O–H groups in total. The van der Waals surface area contributed by atoms with Crippen LogP contribution in [-0.2, 0) is 20.8 Å². The van der Waals surface area contributed by atoms with Crippen molar-refractivity contribution < 1.29 is 28.6 Å². The predicted molar refractivity (Wildman–Crippen MR) is 125 cm³/mol. The van der Waals surface area contributed by atoms with Crippen molar-refractivity contribution in [3.8, 4) is 5.75 Å². The van der Waals surface area contributed by atoms with Crippen molar-refractivity contribution in [2.24, 2.45) is 4.99 Å². The topological polar surface area (TPSA) is 96.2 Å². The molecule has 0 aliphatic rings. The number of amides is 1. The zero-order valence-corrected chi connectivity index (χ0v) is 19.6. The Morgan fingerprint density at radius 1 is 1.03 bits per heavy atom. The summed E-state index contributed by atoms with van der Waals surface area (Å²) in [6.45, 7) is 4.59. The molecule has 3 rings (SSSR count). The molecule has 1 aromatic heterocycles. The normalized spacial score (nSPS) is 11.4. The van der Waals surface area contributed by atoms with Crippen LogP contribution in [0.5, 0.6) is 5.75 Å². The van der Waals surface area contributed by atoms with Gasteiger partial charge < -0.3 is 18.8 Å². The number of nitrogens with zero attached hydrogens (tertiary/aromatic N) is 2. The van der Waals surface area contributed by atoms with Gasteiger partial charge in [-0.1, -0.05) is 24.7 Å². The Labute approximate surface area is 195 Å². The van der Waals surface area contributed by atoms with Crippen LogP contribution in [0, 0.1) is 0 Å². The molecule has 2 aromatic carbocycles. The van der Waals surface area contributed by atoms with Gasteiger partial charge in [-0.05, 0) is 55.8 Å². The summed E-state index contributed by atoms with van der Waals surface area (Å²) >= 11 is 1.20. The summed E-state index contributed by atoms with van der Waals surface area (Å²) in [7, 11) is 1.29. The van der Waals surface area contributed by atoms with Crippen LogP contribution in [-0.4, -0.2) is 42.7 Å². The van der Waals surface area contributed by atoms with E-state index in [-0.39, 0.29) is 13.2 Å². The Balaban J connectivity index is 1.96. The standard InChI is InChI=1S/C24H26N2O6S/c1-4-6-13-32-18-10-7-16(8-11-18)22(28)25-24-26(15-21(27)30-3)19-12-9-17(14-20(19)33-24)23(29)31-5-2/h7-12,14H,4-6,13,15H2,1-3H3. The molecule has 1 heterocycles. The minimum atomic E-state index is -0.480. The molecule has 0 radical (unpaired) electrons. The van der Waals surface area contributed by atoms with Crippen LogP contribution in [0.4, 0.5) is 0 Å². The highest BCUT2D eigenvalue weighted by molar-refractivity contribution is 7.16. The van der Waals surface area contributed by atoms with E-state index in [2.05, 4.69) is 11.9 Å². The monoisotopic (exact) mass is 470 g/mol. The van der Waals surface area contributed by atoms with E-state index in [1.165, 1.54) is 18.4 Å². The number of hydrogen-bond donors (Lipinski definition) is 0. The molecule has 0 saturated carbocycles. The molecular weight excluding hydrogens is 444 g/mol. The zero-order valence-electron chi connectivity index (χ0n) is 18.8. The lowest BCUT2D eigenvalue weighted by molar-refractivity contribution is -0.141. The van der Waals surface area contributed by atoms with Gasteiger partial charge in [0, 0.05) is 5.56 Å². The van der Waals surface area contributed by atoms with Gasteiger partial charge in [0.05, 0.1) is 36.1 Å². The van der Waals surface area contributed by atoms with E-state index in [1.54, 1.807) is 54.0 Å². The summed E-state index contributed by atoms with van der Waals surface area (Å²) in [6.07, 6.45) is 2.00. The molecule has 3 aromatic rings. The van der Waals surface area contributed by atoms with Gasteiger partial charge in [0.2, 0.25) is 0 Å². The summed E-state index contributed by atoms with van der Waals surface area (Å²) < 4.78 is 17.8. The third-order valence-electron chi connectivity index (χ3n) is 4.77. The average Bonchev–Trinajstić information content (AvgIpc) is 3.15. The molecule has 0 fully saturated rings. The summed E-state index contributed by atoms with van der Waals surface area (Å²) in [4.78, 5) is 41.5. The van der Waals surface area contributed by atoms with Crippen LogP contribution >= 0.6 is 11.3 Å². The van der Waals surface area contributed by atoms with Crippen molar-refractivity contribution in [3.63, 3.8) is 0 Å². The SMILES string of the molecule is CCCCOc1ccc(C(=O)N=c2sc3cc(C(=O)OCC)ccc3n2CC(=O)OC)cc1. The average molecular weight is 471 g/mol. The Morgan fingerprint density at radius 2 is 1.76 bits per heavy atom. The number of thiazole rings is 1. The molecule has 0 atom stereocenters. The van der Waals surface area contributed by atoms with Crippen molar-refractivity contribution in [3.05, 3.63) is 58.4 Å². The van der Waals surface area contributed by atoms with Crippen molar-refractivity contribution in [2.75, 3.05) is 20.3 Å². The van der Waals surface area contributed by atoms with E-state index in [0.717, 1.165) is 12.8 Å². The number of aromatic nitrogens is 1. The number of methoxy groups -OCH3 is 1. The van der Waals surface area contributed by atoms with Crippen LogP contribution in [0.1, 0.15) is 47.4 Å². The molecule has 0 unspecified atom stereocenters. The number of hydrogen-bond acceptors (Lipinski definition) is 7. The second-order valence-corrected chi connectivity index (χ2v) is 8.10. The molecule has 0 aliphatic carbocycles. The number of benzene rings is 2. The molecular formula is C24H26N2O6S. The third-order valence-corrected chi connectivity index (χ3v) is 5.81. The molecule has 8 nitrogen and oxygen atoms in total. The van der Waals surface area contributed by atoms with E-state index in [0.29, 0.717) is 38.5 Å². The van der Waals surface area contributed by atoms with Gasteiger partial charge in [0.25, 0.3) is 5.91 Å². The summed E-state index contributed by atoms with van der Waals surface area (Å²) in [5, 5.41) is 0. The first-order valence-electron chi connectivity index (χ1n) is 10.7. The minimum absolute atomic E-state index is 0.119. The number of carbonyl (C=O) groups excluding carboxylic acids is 3. The maximum atomic E-state index is 12.8. The van der Waals surface area contributed by atoms with Crippen LogP contribution in [0.25, 0.3) is 10.2 Å². The molecule has 1 amide bonds. The first kappa shape index (κ1) is 24.2. The van der Waals surface area contributed by atoms with Gasteiger partial charge in [-0.2, -0.15) is 4.99 Å². The van der Waals surface area contributed by atoms with Crippen molar-refractivity contribution in [2.45, 2.75) is 33.2 Å². The lowest BCUT2D eigenvalue weighted by atomic mass is 10.2. The molecule has 0 spiro atoms. The van der Waals surface area contributed by atoms with E-state index in [1.807, 2.05) is 0 Å². The number of ether oxygens (including phenoxy) is 3. The van der Waals surface area contributed by atoms with Gasteiger partial charge in [0.1, 0.15) is 12.3 Å². The molecule has 9 heteroatoms. The number of unbranched alkanes of at least 4 members (excludes halogenated alkanes) is 1. The Kier molecular flexibility index (Phi) is 8.37. The highest BCUT2D eigenvalue weighted by Gasteiger charge is 2.15. The second-order valence-electron chi connectivity index (χ2n) is 7.09. The minimum Gasteiger partial charge on any atom is -0.494 e. The highest BCUT2D eigenvalue weighted by atomic mass is 32.1. The van der Waals surface area contributed by atoms with Gasteiger partial charge in [0.15, 0.2) is 4.80 Å². The van der Waals surface area contributed by atoms with Crippen molar-refractivity contribution in [1.82, 2.24) is 4.57 Å². The van der Waals surface area contributed by atoms with Crippen LogP contribution in [0.15, 0.2) is 47.5 Å². The molecule has 0 aliphatic heterocycles. The molecule has 0 saturated heterocycles. The van der Waals surface area contributed by atoms with Gasteiger partial charge >= 0.3 is 11.9 Å². The van der Waals surface area contributed by atoms with E-state index >= 15 is 0 Å². The smallest absolute Gasteiger partial charge is 0.338 e. The van der Waals surface area contributed by atoms with Crippen LogP contribution in [0.2, 0.25) is 0 Å². The maximum absolute atomic E-state index is 12.8. The predicted octanol–water partition coefficient (Wildman–Crippen LogP) is 3.97.